The number of H-pyrrole nitrogens is 1. The smallest absolute Gasteiger partial charge is 0.348 e. The molecule has 1 aliphatic carbocycles. The molecule has 1 aromatic carbocycles. The predicted octanol–water partition coefficient (Wildman–Crippen LogP) is -0.547. The molecule has 0 aliphatic heterocycles. The van der Waals surface area contributed by atoms with E-state index in [0.29, 0.717) is 24.0 Å². The molecule has 1 heterocycles. The number of aromatic amines is 1. The maximum Gasteiger partial charge on any atom is 0.348 e. The van der Waals surface area contributed by atoms with E-state index in [0.717, 1.165) is 18.9 Å². The minimum atomic E-state index is -3.99. The summed E-state index contributed by atoms with van der Waals surface area (Å²) in [7, 11) is -3.99. The number of benzene rings is 1. The zero-order chi connectivity index (χ0) is 15.4. The molecule has 21 heavy (non-hydrogen) atoms. The van der Waals surface area contributed by atoms with Gasteiger partial charge < -0.3 is 10.2 Å². The summed E-state index contributed by atoms with van der Waals surface area (Å²) >= 11 is 0. The molecule has 0 fully saturated rings. The SMILES string of the molecule is NS(=O)(=O)c1cc2c([nH]c(=O)c(=O)n2O)c2c1CCCC2. The van der Waals surface area contributed by atoms with Gasteiger partial charge in [0.2, 0.25) is 10.0 Å². The normalized spacial score (nSPS) is 15.1. The van der Waals surface area contributed by atoms with Gasteiger partial charge >= 0.3 is 11.1 Å². The Balaban J connectivity index is 2.58. The van der Waals surface area contributed by atoms with Gasteiger partial charge in [0.05, 0.1) is 10.4 Å². The molecule has 8 nitrogen and oxygen atoms in total. The number of nitrogens with zero attached hydrogens (tertiary/aromatic N) is 1. The van der Waals surface area contributed by atoms with E-state index < -0.39 is 21.1 Å². The number of aromatic nitrogens is 2. The third kappa shape index (κ3) is 2.05. The predicted molar refractivity (Wildman–Crippen MR) is 74.0 cm³/mol. The van der Waals surface area contributed by atoms with Crippen LogP contribution in [0, 0.1) is 0 Å². The average Bonchev–Trinajstić information content (AvgIpc) is 2.43. The quantitative estimate of drug-likeness (QED) is 0.480. The highest BCUT2D eigenvalue weighted by molar-refractivity contribution is 7.89. The van der Waals surface area contributed by atoms with Crippen LogP contribution in [0.15, 0.2) is 20.6 Å². The van der Waals surface area contributed by atoms with Crippen LogP contribution >= 0.6 is 0 Å². The number of sulfonamides is 1. The van der Waals surface area contributed by atoms with Crippen LogP contribution in [0.3, 0.4) is 0 Å². The summed E-state index contributed by atoms with van der Waals surface area (Å²) in [5.41, 5.74) is -0.749. The number of fused-ring (bicyclic) bond motifs is 3. The van der Waals surface area contributed by atoms with Gasteiger partial charge in [0.1, 0.15) is 5.52 Å². The van der Waals surface area contributed by atoms with Gasteiger partial charge in [0.15, 0.2) is 0 Å². The molecule has 0 radical (unpaired) electrons. The van der Waals surface area contributed by atoms with Crippen molar-refractivity contribution >= 4 is 21.1 Å². The van der Waals surface area contributed by atoms with E-state index in [-0.39, 0.29) is 20.7 Å². The van der Waals surface area contributed by atoms with Crippen molar-refractivity contribution < 1.29 is 13.6 Å². The van der Waals surface area contributed by atoms with Crippen molar-refractivity contribution in [3.8, 4) is 0 Å². The van der Waals surface area contributed by atoms with Crippen LogP contribution in [0.2, 0.25) is 0 Å². The fourth-order valence-electron chi connectivity index (χ4n) is 2.82. The van der Waals surface area contributed by atoms with Crippen LogP contribution in [0.25, 0.3) is 11.0 Å². The molecule has 4 N–H and O–H groups in total. The number of nitrogens with two attached hydrogens (primary N) is 1. The molecule has 0 saturated carbocycles. The highest BCUT2D eigenvalue weighted by Gasteiger charge is 2.24. The highest BCUT2D eigenvalue weighted by atomic mass is 32.2. The van der Waals surface area contributed by atoms with Gasteiger partial charge in [0.25, 0.3) is 0 Å². The van der Waals surface area contributed by atoms with Crippen LogP contribution in [0.5, 0.6) is 0 Å². The molecule has 1 aromatic heterocycles. The lowest BCUT2D eigenvalue weighted by atomic mass is 9.90. The van der Waals surface area contributed by atoms with Gasteiger partial charge in [0, 0.05) is 0 Å². The first-order valence-electron chi connectivity index (χ1n) is 6.36. The number of aryl methyl sites for hydroxylation is 1. The Hall–Kier alpha value is -2.13. The molecule has 0 unspecified atom stereocenters. The number of rotatable bonds is 1. The fourth-order valence-corrected chi connectivity index (χ4v) is 3.67. The Bertz CT molecular complexity index is 971. The third-order valence-corrected chi connectivity index (χ3v) is 4.73. The molecular formula is C12H13N3O5S. The van der Waals surface area contributed by atoms with Crippen molar-refractivity contribution in [3.05, 3.63) is 37.9 Å². The van der Waals surface area contributed by atoms with Crippen LogP contribution < -0.4 is 16.3 Å². The lowest BCUT2D eigenvalue weighted by Gasteiger charge is -2.20. The van der Waals surface area contributed by atoms with E-state index in [9.17, 15) is 23.2 Å². The molecule has 0 saturated heterocycles. The summed E-state index contributed by atoms with van der Waals surface area (Å²) in [4.78, 5) is 25.3. The lowest BCUT2D eigenvalue weighted by molar-refractivity contribution is 0.186. The molecule has 9 heteroatoms. The minimum Gasteiger partial charge on any atom is -0.425 e. The van der Waals surface area contributed by atoms with Crippen LogP contribution in [-0.4, -0.2) is 23.3 Å². The van der Waals surface area contributed by atoms with Gasteiger partial charge in [-0.1, -0.05) is 0 Å². The summed E-state index contributed by atoms with van der Waals surface area (Å²) in [6, 6.07) is 1.13. The number of hydrogen-bond acceptors (Lipinski definition) is 5. The van der Waals surface area contributed by atoms with E-state index in [1.807, 2.05) is 0 Å². The second kappa shape index (κ2) is 4.43. The summed E-state index contributed by atoms with van der Waals surface area (Å²) < 4.78 is 23.7. The molecule has 0 atom stereocenters. The topological polar surface area (TPSA) is 135 Å². The average molecular weight is 311 g/mol. The molecule has 2 aromatic rings. The van der Waals surface area contributed by atoms with E-state index in [4.69, 9.17) is 5.14 Å². The van der Waals surface area contributed by atoms with Crippen molar-refractivity contribution in [1.29, 1.82) is 0 Å². The van der Waals surface area contributed by atoms with Crippen molar-refractivity contribution in [1.82, 2.24) is 9.71 Å². The van der Waals surface area contributed by atoms with E-state index in [1.165, 1.54) is 0 Å². The first kappa shape index (κ1) is 13.8. The number of primary sulfonamides is 1. The van der Waals surface area contributed by atoms with Crippen molar-refractivity contribution in [2.45, 2.75) is 30.6 Å². The van der Waals surface area contributed by atoms with E-state index in [2.05, 4.69) is 4.98 Å². The second-order valence-corrected chi connectivity index (χ2v) is 6.58. The molecule has 0 spiro atoms. The highest BCUT2D eigenvalue weighted by Crippen LogP contribution is 2.31. The molecule has 0 amide bonds. The van der Waals surface area contributed by atoms with Crippen LogP contribution in [0.1, 0.15) is 24.0 Å². The van der Waals surface area contributed by atoms with Gasteiger partial charge in [-0.3, -0.25) is 9.59 Å². The zero-order valence-electron chi connectivity index (χ0n) is 10.9. The standard InChI is InChI=1S/C12H13N3O5S/c13-21(19,20)9-5-8-10(7-4-2-1-3-6(7)9)14-11(16)12(17)15(8)18/h5,18H,1-4H2,(H,14,16)(H2,13,19,20). The summed E-state index contributed by atoms with van der Waals surface area (Å²) in [5, 5.41) is 15.0. The Morgan fingerprint density at radius 3 is 2.43 bits per heavy atom. The molecule has 1 aliphatic rings. The second-order valence-electron chi connectivity index (χ2n) is 5.05. The van der Waals surface area contributed by atoms with E-state index in [1.54, 1.807) is 0 Å². The first-order valence-corrected chi connectivity index (χ1v) is 7.91. The monoisotopic (exact) mass is 311 g/mol. The largest absolute Gasteiger partial charge is 0.425 e. The summed E-state index contributed by atoms with van der Waals surface area (Å²) in [5.74, 6) is 0. The minimum absolute atomic E-state index is 0.0655. The van der Waals surface area contributed by atoms with Gasteiger partial charge in [-0.05, 0) is 42.9 Å². The zero-order valence-corrected chi connectivity index (χ0v) is 11.7. The summed E-state index contributed by atoms with van der Waals surface area (Å²) in [6.07, 6.45) is 2.69. The Morgan fingerprint density at radius 1 is 1.19 bits per heavy atom. The Morgan fingerprint density at radius 2 is 1.81 bits per heavy atom. The van der Waals surface area contributed by atoms with Gasteiger partial charge in [-0.25, -0.2) is 13.6 Å². The van der Waals surface area contributed by atoms with Crippen LogP contribution in [0.4, 0.5) is 0 Å². The molecule has 0 bridgehead atoms. The third-order valence-electron chi connectivity index (χ3n) is 3.75. The fraction of sp³-hybridized carbons (Fsp3) is 0.333. The van der Waals surface area contributed by atoms with Gasteiger partial charge in [-0.2, -0.15) is 0 Å². The number of hydrogen-bond donors (Lipinski definition) is 3. The lowest BCUT2D eigenvalue weighted by Crippen LogP contribution is -2.36. The maximum absolute atomic E-state index is 11.7. The Kier molecular flexibility index (Phi) is 2.92. The number of nitrogens with one attached hydrogen (secondary N) is 1. The molecular weight excluding hydrogens is 298 g/mol. The molecule has 3 rings (SSSR count). The molecule has 112 valence electrons. The van der Waals surface area contributed by atoms with Crippen molar-refractivity contribution in [2.24, 2.45) is 5.14 Å². The first-order chi connectivity index (χ1) is 9.80. The Labute approximate surface area is 118 Å². The van der Waals surface area contributed by atoms with Crippen molar-refractivity contribution in [3.63, 3.8) is 0 Å². The maximum atomic E-state index is 11.7. The van der Waals surface area contributed by atoms with Crippen molar-refractivity contribution in [2.75, 3.05) is 0 Å². The van der Waals surface area contributed by atoms with Crippen LogP contribution in [-0.2, 0) is 22.9 Å². The van der Waals surface area contributed by atoms with Gasteiger partial charge in [-0.15, -0.1) is 4.73 Å². The van der Waals surface area contributed by atoms with E-state index >= 15 is 0 Å². The summed E-state index contributed by atoms with van der Waals surface area (Å²) in [6.45, 7) is 0.